The first-order valence-corrected chi connectivity index (χ1v) is 11.0. The van der Waals surface area contributed by atoms with Crippen LogP contribution in [-0.2, 0) is 9.47 Å². The summed E-state index contributed by atoms with van der Waals surface area (Å²) in [6.07, 6.45) is -0.269. The Labute approximate surface area is 187 Å². The number of nitrogens with zero attached hydrogens (tertiary/aromatic N) is 5. The number of carbonyl (C=O) groups is 1. The molecule has 166 valence electrons. The van der Waals surface area contributed by atoms with Gasteiger partial charge in [-0.2, -0.15) is 0 Å². The molecule has 2 aliphatic heterocycles. The van der Waals surface area contributed by atoms with Crippen molar-refractivity contribution in [1.82, 2.24) is 19.9 Å². The van der Waals surface area contributed by atoms with E-state index in [0.29, 0.717) is 57.5 Å². The molecule has 2 aliphatic rings. The van der Waals surface area contributed by atoms with Crippen molar-refractivity contribution in [3.05, 3.63) is 59.0 Å². The summed E-state index contributed by atoms with van der Waals surface area (Å²) in [5, 5.41) is 0.859. The summed E-state index contributed by atoms with van der Waals surface area (Å²) in [5.74, 6) is 0.722. The molecule has 5 rings (SSSR count). The summed E-state index contributed by atoms with van der Waals surface area (Å²) in [6.45, 7) is 8.13. The van der Waals surface area contributed by atoms with Gasteiger partial charge in [-0.3, -0.25) is 4.79 Å². The molecule has 2 aromatic heterocycles. The fraction of sp³-hybridized carbons (Fsp3) is 0.417. The average molecular weight is 434 g/mol. The molecule has 0 bridgehead atoms. The Morgan fingerprint density at radius 1 is 0.969 bits per heavy atom. The van der Waals surface area contributed by atoms with E-state index in [4.69, 9.17) is 14.5 Å². The number of aromatic nitrogens is 3. The monoisotopic (exact) mass is 433 g/mol. The molecule has 3 aromatic rings. The molecule has 0 aliphatic carbocycles. The maximum atomic E-state index is 13.4. The number of hydrogen-bond donors (Lipinski definition) is 0. The fourth-order valence-corrected chi connectivity index (χ4v) is 4.33. The van der Waals surface area contributed by atoms with Crippen molar-refractivity contribution in [2.45, 2.75) is 20.0 Å². The Morgan fingerprint density at radius 3 is 2.50 bits per heavy atom. The van der Waals surface area contributed by atoms with Crippen LogP contribution in [-0.4, -0.2) is 71.8 Å². The van der Waals surface area contributed by atoms with Crippen LogP contribution in [0.2, 0.25) is 0 Å². The molecular formula is C24H27N5O3. The predicted octanol–water partition coefficient (Wildman–Crippen LogP) is 2.69. The van der Waals surface area contributed by atoms with Gasteiger partial charge in [0, 0.05) is 36.4 Å². The zero-order valence-electron chi connectivity index (χ0n) is 18.5. The highest BCUT2D eigenvalue weighted by molar-refractivity contribution is 6.06. The van der Waals surface area contributed by atoms with Gasteiger partial charge < -0.3 is 19.3 Å². The van der Waals surface area contributed by atoms with Gasteiger partial charge in [-0.05, 0) is 32.0 Å². The largest absolute Gasteiger partial charge is 0.378 e. The molecule has 0 radical (unpaired) electrons. The van der Waals surface area contributed by atoms with Crippen molar-refractivity contribution in [3.63, 3.8) is 0 Å². The maximum Gasteiger partial charge on any atom is 0.254 e. The summed E-state index contributed by atoms with van der Waals surface area (Å²) in [5.41, 5.74) is 4.10. The summed E-state index contributed by atoms with van der Waals surface area (Å²) in [6, 6.07) is 11.7. The van der Waals surface area contributed by atoms with E-state index in [1.54, 1.807) is 0 Å². The first-order chi connectivity index (χ1) is 15.6. The highest BCUT2D eigenvalue weighted by atomic mass is 16.5. The number of aryl methyl sites for hydroxylation is 2. The zero-order chi connectivity index (χ0) is 22.1. The Bertz CT molecular complexity index is 1130. The molecule has 8 heteroatoms. The van der Waals surface area contributed by atoms with Gasteiger partial charge >= 0.3 is 0 Å². The van der Waals surface area contributed by atoms with Gasteiger partial charge in [-0.25, -0.2) is 15.0 Å². The minimum atomic E-state index is -0.269. The lowest BCUT2D eigenvalue weighted by molar-refractivity contribution is 0.0300. The molecule has 1 amide bonds. The smallest absolute Gasteiger partial charge is 0.254 e. The van der Waals surface area contributed by atoms with Crippen LogP contribution in [0.1, 0.15) is 33.5 Å². The normalized spacial score (nSPS) is 19.4. The van der Waals surface area contributed by atoms with Crippen LogP contribution in [0.15, 0.2) is 36.4 Å². The van der Waals surface area contributed by atoms with Crippen LogP contribution in [0, 0.1) is 13.8 Å². The number of morpholine rings is 2. The van der Waals surface area contributed by atoms with E-state index in [2.05, 4.69) is 14.9 Å². The highest BCUT2D eigenvalue weighted by Gasteiger charge is 2.28. The summed E-state index contributed by atoms with van der Waals surface area (Å²) in [4.78, 5) is 31.4. The second kappa shape index (κ2) is 8.80. The molecule has 0 saturated carbocycles. The minimum absolute atomic E-state index is 0.0125. The maximum absolute atomic E-state index is 13.4. The van der Waals surface area contributed by atoms with Crippen LogP contribution >= 0.6 is 0 Å². The molecule has 1 unspecified atom stereocenters. The van der Waals surface area contributed by atoms with E-state index >= 15 is 0 Å². The van der Waals surface area contributed by atoms with Gasteiger partial charge in [0.2, 0.25) is 5.95 Å². The van der Waals surface area contributed by atoms with Crippen LogP contribution in [0.25, 0.3) is 10.9 Å². The first-order valence-electron chi connectivity index (χ1n) is 11.0. The third-order valence-corrected chi connectivity index (χ3v) is 5.91. The van der Waals surface area contributed by atoms with Crippen molar-refractivity contribution in [1.29, 1.82) is 0 Å². The van der Waals surface area contributed by atoms with Crippen molar-refractivity contribution in [2.75, 3.05) is 50.9 Å². The lowest BCUT2D eigenvalue weighted by Gasteiger charge is -2.33. The van der Waals surface area contributed by atoms with Crippen LogP contribution in [0.3, 0.4) is 0 Å². The summed E-state index contributed by atoms with van der Waals surface area (Å²) < 4.78 is 11.5. The lowest BCUT2D eigenvalue weighted by Crippen LogP contribution is -2.41. The van der Waals surface area contributed by atoms with E-state index in [0.717, 1.165) is 28.0 Å². The summed E-state index contributed by atoms with van der Waals surface area (Å²) >= 11 is 0. The number of amides is 1. The lowest BCUT2D eigenvalue weighted by atomic mass is 10.0. The second-order valence-electron chi connectivity index (χ2n) is 8.27. The number of benzene rings is 1. The molecule has 32 heavy (non-hydrogen) atoms. The number of anilines is 1. The highest BCUT2D eigenvalue weighted by Crippen LogP contribution is 2.28. The number of pyridine rings is 1. The molecule has 1 aromatic carbocycles. The van der Waals surface area contributed by atoms with Crippen molar-refractivity contribution in [2.24, 2.45) is 0 Å². The van der Waals surface area contributed by atoms with Crippen molar-refractivity contribution in [3.8, 4) is 0 Å². The number of carbonyl (C=O) groups excluding carboxylic acids is 1. The second-order valence-corrected chi connectivity index (χ2v) is 8.27. The Hall–Kier alpha value is -3.10. The van der Waals surface area contributed by atoms with E-state index < -0.39 is 0 Å². The molecule has 0 spiro atoms. The van der Waals surface area contributed by atoms with E-state index in [1.165, 1.54) is 0 Å². The van der Waals surface area contributed by atoms with E-state index in [9.17, 15) is 4.79 Å². The third-order valence-electron chi connectivity index (χ3n) is 5.91. The minimum Gasteiger partial charge on any atom is -0.378 e. The van der Waals surface area contributed by atoms with Gasteiger partial charge in [0.05, 0.1) is 43.1 Å². The van der Waals surface area contributed by atoms with Gasteiger partial charge in [-0.15, -0.1) is 0 Å². The van der Waals surface area contributed by atoms with Gasteiger partial charge in [-0.1, -0.05) is 18.2 Å². The quantitative estimate of drug-likeness (QED) is 0.628. The van der Waals surface area contributed by atoms with Crippen LogP contribution in [0.5, 0.6) is 0 Å². The Kier molecular flexibility index (Phi) is 5.71. The molecular weight excluding hydrogens is 406 g/mol. The molecule has 1 atom stereocenters. The van der Waals surface area contributed by atoms with Gasteiger partial charge in [0.1, 0.15) is 6.10 Å². The SMILES string of the molecule is Cc1cc(C)nc(N2CCOC(c3cc(C(=O)N4CCOCC4)c4ccccc4n3)C2)n1. The average Bonchev–Trinajstić information content (AvgIpc) is 2.83. The molecule has 8 nitrogen and oxygen atoms in total. The molecule has 2 saturated heterocycles. The summed E-state index contributed by atoms with van der Waals surface area (Å²) in [7, 11) is 0. The van der Waals surface area contributed by atoms with Crippen LogP contribution < -0.4 is 4.90 Å². The topological polar surface area (TPSA) is 80.7 Å². The predicted molar refractivity (Wildman–Crippen MR) is 121 cm³/mol. The standard InChI is InChI=1S/C24H27N5O3/c1-16-13-17(2)26-24(25-16)29-9-12-32-22(15-29)21-14-19(18-5-3-4-6-20(18)27-21)23(30)28-7-10-31-11-8-28/h3-6,13-14,22H,7-12,15H2,1-2H3. The molecule has 0 N–H and O–H groups in total. The van der Waals surface area contributed by atoms with Crippen molar-refractivity contribution >= 4 is 22.8 Å². The van der Waals surface area contributed by atoms with E-state index in [1.807, 2.05) is 55.1 Å². The number of ether oxygens (including phenoxy) is 2. The number of fused-ring (bicyclic) bond motifs is 1. The van der Waals surface area contributed by atoms with Gasteiger partial charge in [0.15, 0.2) is 0 Å². The number of rotatable bonds is 3. The van der Waals surface area contributed by atoms with Gasteiger partial charge in [0.25, 0.3) is 5.91 Å². The van der Waals surface area contributed by atoms with Crippen molar-refractivity contribution < 1.29 is 14.3 Å². The Morgan fingerprint density at radius 2 is 1.72 bits per heavy atom. The third kappa shape index (κ3) is 4.16. The molecule has 4 heterocycles. The number of hydrogen-bond acceptors (Lipinski definition) is 7. The van der Waals surface area contributed by atoms with E-state index in [-0.39, 0.29) is 12.0 Å². The fourth-order valence-electron chi connectivity index (χ4n) is 4.33. The first kappa shape index (κ1) is 20.8. The Balaban J connectivity index is 1.49. The zero-order valence-corrected chi connectivity index (χ0v) is 18.5. The van der Waals surface area contributed by atoms with Crippen LogP contribution in [0.4, 0.5) is 5.95 Å². The number of para-hydroxylation sites is 1. The molecule has 2 fully saturated rings.